The minimum absolute atomic E-state index is 0.224. The van der Waals surface area contributed by atoms with Crippen LogP contribution in [0.25, 0.3) is 0 Å². The monoisotopic (exact) mass is 385 g/mol. The number of furan rings is 1. The molecule has 0 spiro atoms. The zero-order valence-electron chi connectivity index (χ0n) is 17.0. The van der Waals surface area contributed by atoms with Gasteiger partial charge in [-0.15, -0.1) is 0 Å². The van der Waals surface area contributed by atoms with Gasteiger partial charge in [-0.25, -0.2) is 9.98 Å². The molecule has 1 atom stereocenters. The molecule has 28 heavy (non-hydrogen) atoms. The Hall–Kier alpha value is -2.54. The van der Waals surface area contributed by atoms with E-state index in [0.29, 0.717) is 11.8 Å². The third kappa shape index (κ3) is 5.25. The van der Waals surface area contributed by atoms with Crippen LogP contribution in [0.5, 0.6) is 0 Å². The van der Waals surface area contributed by atoms with E-state index in [1.807, 2.05) is 19.9 Å². The first kappa shape index (κ1) is 20.2. The molecule has 3 rings (SSSR count). The quantitative estimate of drug-likeness (QED) is 0.523. The smallest absolute Gasteiger partial charge is 0.191 e. The van der Waals surface area contributed by atoms with Crippen molar-refractivity contribution in [1.29, 1.82) is 0 Å². The summed E-state index contributed by atoms with van der Waals surface area (Å²) in [7, 11) is 0. The maximum atomic E-state index is 10.6. The maximum Gasteiger partial charge on any atom is 0.191 e. The number of rotatable bonds is 6. The maximum absolute atomic E-state index is 10.6. The average molecular weight is 386 g/mol. The number of aliphatic imine (C=N–C) groups is 1. The fourth-order valence-electron chi connectivity index (χ4n) is 3.37. The van der Waals surface area contributed by atoms with E-state index in [9.17, 15) is 5.11 Å². The topological polar surface area (TPSA) is 85.9 Å². The number of anilines is 1. The van der Waals surface area contributed by atoms with Crippen LogP contribution in [0.3, 0.4) is 0 Å². The molecule has 1 fully saturated rings. The molecule has 7 heteroatoms. The highest BCUT2D eigenvalue weighted by atomic mass is 16.4. The third-order valence-corrected chi connectivity index (χ3v) is 4.97. The number of nitrogens with zero attached hydrogens (tertiary/aromatic N) is 3. The highest BCUT2D eigenvalue weighted by Gasteiger charge is 2.26. The van der Waals surface area contributed by atoms with E-state index in [1.54, 1.807) is 25.3 Å². The van der Waals surface area contributed by atoms with E-state index in [2.05, 4.69) is 37.6 Å². The van der Waals surface area contributed by atoms with Crippen molar-refractivity contribution in [2.75, 3.05) is 31.1 Å². The Morgan fingerprint density at radius 2 is 2.11 bits per heavy atom. The van der Waals surface area contributed by atoms with Crippen molar-refractivity contribution in [2.24, 2.45) is 4.99 Å². The normalized spacial score (nSPS) is 18.0. The summed E-state index contributed by atoms with van der Waals surface area (Å²) < 4.78 is 5.33. The van der Waals surface area contributed by atoms with E-state index in [-0.39, 0.29) is 6.54 Å². The van der Waals surface area contributed by atoms with Gasteiger partial charge in [0.05, 0.1) is 12.8 Å². The number of guanidine groups is 1. The van der Waals surface area contributed by atoms with Gasteiger partial charge in [0.2, 0.25) is 0 Å². The summed E-state index contributed by atoms with van der Waals surface area (Å²) in [5.41, 5.74) is -0.0885. The van der Waals surface area contributed by atoms with Crippen molar-refractivity contribution < 1.29 is 9.52 Å². The molecule has 0 saturated carbocycles. The molecule has 7 nitrogen and oxygen atoms in total. The van der Waals surface area contributed by atoms with Crippen LogP contribution >= 0.6 is 0 Å². The van der Waals surface area contributed by atoms with Crippen molar-refractivity contribution in [3.8, 4) is 0 Å². The van der Waals surface area contributed by atoms with E-state index < -0.39 is 5.60 Å². The number of hydrogen-bond acceptors (Lipinski definition) is 5. The molecule has 2 aromatic rings. The fourth-order valence-corrected chi connectivity index (χ4v) is 3.37. The van der Waals surface area contributed by atoms with Crippen molar-refractivity contribution in [1.82, 2.24) is 15.6 Å². The molecule has 1 unspecified atom stereocenters. The van der Waals surface area contributed by atoms with Gasteiger partial charge in [0.25, 0.3) is 0 Å². The summed E-state index contributed by atoms with van der Waals surface area (Å²) in [6.07, 6.45) is 3.58. The minimum atomic E-state index is -1.13. The molecule has 1 aliphatic heterocycles. The summed E-state index contributed by atoms with van der Waals surface area (Å²) in [6.45, 7) is 8.67. The molecule has 1 saturated heterocycles. The summed E-state index contributed by atoms with van der Waals surface area (Å²) in [4.78, 5) is 11.5. The Labute approximate surface area is 166 Å². The predicted molar refractivity (Wildman–Crippen MR) is 112 cm³/mol. The Morgan fingerprint density at radius 1 is 1.32 bits per heavy atom. The highest BCUT2D eigenvalue weighted by molar-refractivity contribution is 5.80. The largest absolute Gasteiger partial charge is 0.466 e. The van der Waals surface area contributed by atoms with Crippen LogP contribution in [0.2, 0.25) is 0 Å². The lowest BCUT2D eigenvalue weighted by Crippen LogP contribution is -2.49. The van der Waals surface area contributed by atoms with Gasteiger partial charge in [-0.1, -0.05) is 6.07 Å². The van der Waals surface area contributed by atoms with Crippen LogP contribution < -0.4 is 15.5 Å². The van der Waals surface area contributed by atoms with Crippen molar-refractivity contribution in [3.05, 3.63) is 48.0 Å². The molecular formula is C21H31N5O2. The number of nitrogens with one attached hydrogen (secondary N) is 2. The summed E-state index contributed by atoms with van der Waals surface area (Å²) >= 11 is 0. The first-order valence-corrected chi connectivity index (χ1v) is 9.98. The van der Waals surface area contributed by atoms with Crippen LogP contribution in [0.15, 0.2) is 46.0 Å². The van der Waals surface area contributed by atoms with Gasteiger partial charge in [-0.3, -0.25) is 0 Å². The second-order valence-electron chi connectivity index (χ2n) is 7.49. The molecule has 3 N–H and O–H groups in total. The Balaban J connectivity index is 1.56. The van der Waals surface area contributed by atoms with E-state index in [1.165, 1.54) is 0 Å². The lowest BCUT2D eigenvalue weighted by molar-refractivity contribution is 0.0436. The van der Waals surface area contributed by atoms with Gasteiger partial charge < -0.3 is 25.1 Å². The van der Waals surface area contributed by atoms with Crippen LogP contribution in [0.1, 0.15) is 38.1 Å². The van der Waals surface area contributed by atoms with Crippen molar-refractivity contribution in [2.45, 2.75) is 45.3 Å². The Morgan fingerprint density at radius 3 is 2.75 bits per heavy atom. The SMILES string of the molecule is CCNC(=NCC(C)(O)c1ccco1)NC1CCN(c2cccc(C)n2)CC1. The van der Waals surface area contributed by atoms with Gasteiger partial charge in [-0.2, -0.15) is 0 Å². The van der Waals surface area contributed by atoms with E-state index >= 15 is 0 Å². The van der Waals surface area contributed by atoms with Crippen LogP contribution in [0, 0.1) is 6.92 Å². The molecule has 2 aromatic heterocycles. The third-order valence-electron chi connectivity index (χ3n) is 4.97. The van der Waals surface area contributed by atoms with E-state index in [0.717, 1.165) is 49.9 Å². The first-order chi connectivity index (χ1) is 13.5. The highest BCUT2D eigenvalue weighted by Crippen LogP contribution is 2.21. The lowest BCUT2D eigenvalue weighted by Gasteiger charge is -2.34. The van der Waals surface area contributed by atoms with Gasteiger partial charge in [-0.05, 0) is 57.9 Å². The van der Waals surface area contributed by atoms with Crippen LogP contribution in [0.4, 0.5) is 5.82 Å². The first-order valence-electron chi connectivity index (χ1n) is 9.98. The zero-order valence-corrected chi connectivity index (χ0v) is 17.0. The summed E-state index contributed by atoms with van der Waals surface area (Å²) in [5, 5.41) is 17.4. The number of piperidine rings is 1. The van der Waals surface area contributed by atoms with Gasteiger partial charge in [0.15, 0.2) is 5.96 Å². The average Bonchev–Trinajstić information content (AvgIpc) is 3.23. The molecule has 0 aromatic carbocycles. The second-order valence-corrected chi connectivity index (χ2v) is 7.49. The molecule has 1 aliphatic rings. The van der Waals surface area contributed by atoms with Crippen molar-refractivity contribution >= 4 is 11.8 Å². The minimum Gasteiger partial charge on any atom is -0.466 e. The summed E-state index contributed by atoms with van der Waals surface area (Å²) in [5.74, 6) is 2.29. The van der Waals surface area contributed by atoms with Gasteiger partial charge in [0.1, 0.15) is 17.2 Å². The molecule has 152 valence electrons. The Kier molecular flexibility index (Phi) is 6.57. The van der Waals surface area contributed by atoms with Crippen molar-refractivity contribution in [3.63, 3.8) is 0 Å². The number of aromatic nitrogens is 1. The van der Waals surface area contributed by atoms with Crippen LogP contribution in [-0.4, -0.2) is 48.3 Å². The molecule has 3 heterocycles. The number of aliphatic hydroxyl groups is 1. The fraction of sp³-hybridized carbons (Fsp3) is 0.524. The molecular weight excluding hydrogens is 354 g/mol. The number of pyridine rings is 1. The standard InChI is InChI=1S/C21H31N5O2/c1-4-22-20(23-15-21(3,27)18-8-6-14-28-18)25-17-10-12-26(13-11-17)19-9-5-7-16(2)24-19/h5-9,14,17,27H,4,10-13,15H2,1-3H3,(H2,22,23,25). The zero-order chi connectivity index (χ0) is 20.0. The lowest BCUT2D eigenvalue weighted by atomic mass is 10.0. The molecule has 0 bridgehead atoms. The number of aryl methyl sites for hydroxylation is 1. The summed E-state index contributed by atoms with van der Waals surface area (Å²) in [6, 6.07) is 10.0. The van der Waals surface area contributed by atoms with E-state index in [4.69, 9.17) is 4.42 Å². The molecule has 0 radical (unpaired) electrons. The van der Waals surface area contributed by atoms with Gasteiger partial charge in [0, 0.05) is 31.4 Å². The van der Waals surface area contributed by atoms with Crippen LogP contribution in [-0.2, 0) is 5.60 Å². The Bertz CT molecular complexity index is 765. The van der Waals surface area contributed by atoms with Gasteiger partial charge >= 0.3 is 0 Å². The number of hydrogen-bond donors (Lipinski definition) is 3. The molecule has 0 amide bonds. The predicted octanol–water partition coefficient (Wildman–Crippen LogP) is 2.41. The molecule has 0 aliphatic carbocycles. The second kappa shape index (κ2) is 9.10.